The van der Waals surface area contributed by atoms with Crippen molar-refractivity contribution in [2.45, 2.75) is 18.9 Å². The minimum atomic E-state index is -3.52. The molecule has 0 aromatic heterocycles. The summed E-state index contributed by atoms with van der Waals surface area (Å²) in [6, 6.07) is 4.02. The number of halogens is 2. The Labute approximate surface area is 131 Å². The van der Waals surface area contributed by atoms with E-state index in [9.17, 15) is 18.4 Å². The molecule has 5 N–H and O–H groups in total. The highest BCUT2D eigenvalue weighted by molar-refractivity contribution is 5.97. The lowest BCUT2D eigenvalue weighted by atomic mass is 9.94. The second-order valence-electron chi connectivity index (χ2n) is 4.88. The highest BCUT2D eigenvalue weighted by Gasteiger charge is 2.46. The van der Waals surface area contributed by atoms with E-state index in [1.54, 1.807) is 0 Å². The average molecular weight is 327 g/mol. The van der Waals surface area contributed by atoms with Gasteiger partial charge in [-0.3, -0.25) is 14.8 Å². The van der Waals surface area contributed by atoms with Crippen LogP contribution in [0.2, 0.25) is 0 Å². The Bertz CT molecular complexity index is 611. The van der Waals surface area contributed by atoms with Crippen LogP contribution in [0.4, 0.5) is 8.78 Å². The fourth-order valence-electron chi connectivity index (χ4n) is 1.83. The van der Waals surface area contributed by atoms with Crippen molar-refractivity contribution in [3.8, 4) is 12.3 Å². The molecule has 1 aromatic carbocycles. The molecule has 0 aliphatic carbocycles. The number of rotatable bonds is 6. The number of carbonyl (C=O) groups excluding carboxylic acids is 2. The average Bonchev–Trinajstić information content (AvgIpc) is 2.58. The fraction of sp³-hybridized carbons (Fsp3) is 0.333. The van der Waals surface area contributed by atoms with Crippen LogP contribution in [-0.2, 0) is 4.79 Å². The fourth-order valence-corrected chi connectivity index (χ4v) is 1.83. The topological polar surface area (TPSA) is 101 Å². The van der Waals surface area contributed by atoms with Crippen LogP contribution in [0.1, 0.15) is 22.8 Å². The molecule has 0 fully saturated rings. The van der Waals surface area contributed by atoms with Crippen molar-refractivity contribution in [2.75, 3.05) is 6.61 Å². The lowest BCUT2D eigenvalue weighted by Crippen LogP contribution is -2.54. The molecule has 23 heavy (non-hydrogen) atoms. The molecule has 0 heterocycles. The molecule has 1 aromatic rings. The Hall–Kier alpha value is -2.50. The number of hydrogen-bond donors (Lipinski definition) is 3. The van der Waals surface area contributed by atoms with Crippen molar-refractivity contribution < 1.29 is 28.7 Å². The normalized spacial score (nSPS) is 13.6. The molecular formula is C15H17F2N2O4+. The zero-order chi connectivity index (χ0) is 17.6. The monoisotopic (exact) mass is 327 g/mol. The number of benzene rings is 1. The van der Waals surface area contributed by atoms with E-state index in [0.717, 1.165) is 6.92 Å². The number of terminal acetylenes is 1. The van der Waals surface area contributed by atoms with Crippen LogP contribution in [0.5, 0.6) is 0 Å². The molecule has 8 heteroatoms. The van der Waals surface area contributed by atoms with E-state index < -0.39 is 36.3 Å². The summed E-state index contributed by atoms with van der Waals surface area (Å²) >= 11 is 0. The van der Waals surface area contributed by atoms with Gasteiger partial charge in [0.2, 0.25) is 6.61 Å². The molecule has 0 aliphatic heterocycles. The van der Waals surface area contributed by atoms with Gasteiger partial charge in [-0.25, -0.2) is 5.48 Å². The highest BCUT2D eigenvalue weighted by Crippen LogP contribution is 2.27. The van der Waals surface area contributed by atoms with E-state index in [-0.39, 0.29) is 5.56 Å². The van der Waals surface area contributed by atoms with Crippen LogP contribution in [-0.4, -0.2) is 40.7 Å². The Morgan fingerprint density at radius 3 is 2.39 bits per heavy atom. The molecule has 0 aliphatic rings. The van der Waals surface area contributed by atoms with Gasteiger partial charge in [0.15, 0.2) is 0 Å². The van der Waals surface area contributed by atoms with Crippen LogP contribution in [0, 0.1) is 18.3 Å². The van der Waals surface area contributed by atoms with E-state index in [1.165, 1.54) is 29.7 Å². The minimum Gasteiger partial charge on any atom is -0.441 e. The lowest BCUT2D eigenvalue weighted by Gasteiger charge is -2.27. The Morgan fingerprint density at radius 1 is 1.39 bits per heavy atom. The van der Waals surface area contributed by atoms with Crippen molar-refractivity contribution in [1.82, 2.24) is 10.8 Å². The molecule has 0 radical (unpaired) electrons. The maximum absolute atomic E-state index is 13.6. The van der Waals surface area contributed by atoms with Crippen molar-refractivity contribution in [1.29, 1.82) is 0 Å². The van der Waals surface area contributed by atoms with Crippen molar-refractivity contribution in [2.24, 2.45) is 5.92 Å². The van der Waals surface area contributed by atoms with Crippen LogP contribution >= 0.6 is 0 Å². The molecule has 0 bridgehead atoms. The second kappa shape index (κ2) is 7.67. The van der Waals surface area contributed by atoms with Gasteiger partial charge >= 0.3 is 5.92 Å². The van der Waals surface area contributed by atoms with Gasteiger partial charge < -0.3 is 10.4 Å². The number of carbonyl (C=O) groups is 2. The summed E-state index contributed by atoms with van der Waals surface area (Å²) in [6.45, 7) is -0.244. The summed E-state index contributed by atoms with van der Waals surface area (Å²) in [5.41, 5.74) is 1.88. The van der Waals surface area contributed by atoms with Crippen molar-refractivity contribution >= 4 is 11.8 Å². The quantitative estimate of drug-likeness (QED) is 0.302. The summed E-state index contributed by atoms with van der Waals surface area (Å²) in [5, 5.41) is 17.7. The van der Waals surface area contributed by atoms with Crippen LogP contribution < -0.4 is 10.8 Å². The van der Waals surface area contributed by atoms with Crippen LogP contribution in [0.25, 0.3) is 0 Å². The molecule has 2 amide bonds. The predicted molar refractivity (Wildman–Crippen MR) is 78.2 cm³/mol. The van der Waals surface area contributed by atoms with Gasteiger partial charge in [0, 0.05) is 11.1 Å². The van der Waals surface area contributed by atoms with Gasteiger partial charge in [-0.2, -0.15) is 8.78 Å². The standard InChI is InChI=1S/C15H16F2N2O4/c1-3-10-4-6-11(7-5-10)13(21)18-12(14(22)19-23)9(2)15(16,17)8-20/h1,4-7,9,12,20,23H,8H2,2H3,(H,18,21)(H,19,22)/p+1/t9-,12+/m1/s1. The summed E-state index contributed by atoms with van der Waals surface area (Å²) in [6.07, 6.45) is 5.19. The first-order chi connectivity index (χ1) is 10.8. The predicted octanol–water partition coefficient (Wildman–Crippen LogP) is 0.268. The van der Waals surface area contributed by atoms with Gasteiger partial charge in [0.1, 0.15) is 6.04 Å². The van der Waals surface area contributed by atoms with Gasteiger partial charge in [0.05, 0.1) is 5.92 Å². The highest BCUT2D eigenvalue weighted by atomic mass is 19.3. The van der Waals surface area contributed by atoms with E-state index >= 15 is 0 Å². The third-order valence-corrected chi connectivity index (χ3v) is 3.39. The molecular weight excluding hydrogens is 310 g/mol. The molecule has 124 valence electrons. The summed E-state index contributed by atoms with van der Waals surface area (Å²) in [4.78, 5) is 23.7. The molecule has 0 spiro atoms. The van der Waals surface area contributed by atoms with Crippen molar-refractivity contribution in [3.63, 3.8) is 0 Å². The second-order valence-corrected chi connectivity index (χ2v) is 4.88. The largest absolute Gasteiger partial charge is 0.441 e. The first-order valence-corrected chi connectivity index (χ1v) is 6.60. The number of alkyl halides is 2. The molecule has 1 rings (SSSR count). The molecule has 0 unspecified atom stereocenters. The van der Waals surface area contributed by atoms with E-state index in [4.69, 9.17) is 16.7 Å². The maximum atomic E-state index is 13.6. The zero-order valence-electron chi connectivity index (χ0n) is 12.3. The zero-order valence-corrected chi connectivity index (χ0v) is 12.3. The number of hydroxylamine groups is 1. The first kappa shape index (κ1) is 18.5. The van der Waals surface area contributed by atoms with Gasteiger partial charge in [-0.1, -0.05) is 12.8 Å². The van der Waals surface area contributed by atoms with E-state index in [1.807, 2.05) is 0 Å². The number of hydrogen-bond acceptors (Lipinski definition) is 3. The first-order valence-electron chi connectivity index (χ1n) is 6.60. The van der Waals surface area contributed by atoms with Gasteiger partial charge in [-0.05, 0) is 24.3 Å². The SMILES string of the molecule is C#Cc1ccc(C(=O)N[C@H](C(=O)NO)[C@@H](C)C(F)(F)C[OH2+])cc1. The van der Waals surface area contributed by atoms with Gasteiger partial charge in [-0.15, -0.1) is 6.42 Å². The lowest BCUT2D eigenvalue weighted by molar-refractivity contribution is -0.142. The van der Waals surface area contributed by atoms with E-state index in [0.29, 0.717) is 5.56 Å². The van der Waals surface area contributed by atoms with Crippen molar-refractivity contribution in [3.05, 3.63) is 35.4 Å². The molecule has 0 saturated heterocycles. The van der Waals surface area contributed by atoms with E-state index in [2.05, 4.69) is 11.2 Å². The molecule has 0 saturated carbocycles. The number of amides is 2. The Balaban J connectivity index is 2.99. The van der Waals surface area contributed by atoms with Gasteiger partial charge in [0.25, 0.3) is 11.8 Å². The number of nitrogens with one attached hydrogen (secondary N) is 2. The van der Waals surface area contributed by atoms with Crippen LogP contribution in [0.3, 0.4) is 0 Å². The third kappa shape index (κ3) is 4.48. The summed E-state index contributed by atoms with van der Waals surface area (Å²) in [7, 11) is 0. The summed E-state index contributed by atoms with van der Waals surface area (Å²) in [5.74, 6) is -4.83. The Morgan fingerprint density at radius 2 is 1.96 bits per heavy atom. The molecule has 2 atom stereocenters. The third-order valence-electron chi connectivity index (χ3n) is 3.39. The summed E-state index contributed by atoms with van der Waals surface area (Å²) < 4.78 is 27.2. The molecule has 6 nitrogen and oxygen atoms in total. The minimum absolute atomic E-state index is 0.112. The smallest absolute Gasteiger partial charge is 0.319 e. The Kier molecular flexibility index (Phi) is 6.18. The van der Waals surface area contributed by atoms with Crippen LogP contribution in [0.15, 0.2) is 24.3 Å². The maximum Gasteiger partial charge on any atom is 0.319 e.